The minimum atomic E-state index is -0.381. The summed E-state index contributed by atoms with van der Waals surface area (Å²) in [5.74, 6) is -0.518. The highest BCUT2D eigenvalue weighted by Crippen LogP contribution is 2.13. The smallest absolute Gasteiger partial charge is 0.224 e. The van der Waals surface area contributed by atoms with Gasteiger partial charge < -0.3 is 10.8 Å². The van der Waals surface area contributed by atoms with Crippen LogP contribution in [0.25, 0.3) is 0 Å². The second-order valence-corrected chi connectivity index (χ2v) is 3.12. The van der Waals surface area contributed by atoms with Crippen LogP contribution in [0.15, 0.2) is 36.9 Å². The quantitative estimate of drug-likeness (QED) is 0.703. The molecule has 3 N–H and O–H groups in total. The molecular formula is C11H13NO2. The molecule has 14 heavy (non-hydrogen) atoms. The van der Waals surface area contributed by atoms with Gasteiger partial charge in [-0.05, 0) is 24.1 Å². The molecule has 0 fully saturated rings. The van der Waals surface area contributed by atoms with E-state index in [2.05, 4.69) is 6.58 Å². The Labute approximate surface area is 82.9 Å². The van der Waals surface area contributed by atoms with Crippen molar-refractivity contribution in [1.29, 1.82) is 0 Å². The fraction of sp³-hybridized carbons (Fsp3) is 0.182. The van der Waals surface area contributed by atoms with E-state index in [0.29, 0.717) is 6.42 Å². The molecule has 1 aromatic carbocycles. The van der Waals surface area contributed by atoms with E-state index in [0.717, 1.165) is 5.56 Å². The van der Waals surface area contributed by atoms with Gasteiger partial charge >= 0.3 is 0 Å². The van der Waals surface area contributed by atoms with Crippen LogP contribution in [0.5, 0.6) is 5.75 Å². The van der Waals surface area contributed by atoms with Gasteiger partial charge in [-0.2, -0.15) is 0 Å². The minimum absolute atomic E-state index is 0.211. The van der Waals surface area contributed by atoms with Crippen molar-refractivity contribution in [2.24, 2.45) is 11.7 Å². The normalized spacial score (nSPS) is 12.0. The largest absolute Gasteiger partial charge is 0.508 e. The molecule has 0 aliphatic rings. The van der Waals surface area contributed by atoms with Crippen LogP contribution >= 0.6 is 0 Å². The highest BCUT2D eigenvalue weighted by Gasteiger charge is 2.11. The van der Waals surface area contributed by atoms with E-state index in [9.17, 15) is 4.79 Å². The van der Waals surface area contributed by atoms with Gasteiger partial charge in [-0.1, -0.05) is 18.2 Å². The maximum atomic E-state index is 10.9. The third-order valence-electron chi connectivity index (χ3n) is 2.04. The zero-order chi connectivity index (χ0) is 10.6. The Morgan fingerprint density at radius 2 is 2.07 bits per heavy atom. The first-order valence-electron chi connectivity index (χ1n) is 4.33. The van der Waals surface area contributed by atoms with Crippen LogP contribution in [-0.4, -0.2) is 11.0 Å². The maximum Gasteiger partial charge on any atom is 0.224 e. The zero-order valence-corrected chi connectivity index (χ0v) is 7.81. The van der Waals surface area contributed by atoms with Crippen molar-refractivity contribution >= 4 is 5.91 Å². The predicted molar refractivity (Wildman–Crippen MR) is 54.7 cm³/mol. The number of rotatable bonds is 4. The molecule has 0 aromatic heterocycles. The average molecular weight is 191 g/mol. The number of phenolic OH excluding ortho intramolecular Hbond substituents is 1. The van der Waals surface area contributed by atoms with Gasteiger partial charge in [0.05, 0.1) is 5.92 Å². The summed E-state index contributed by atoms with van der Waals surface area (Å²) in [6.07, 6.45) is 2.06. The summed E-state index contributed by atoms with van der Waals surface area (Å²) < 4.78 is 0. The van der Waals surface area contributed by atoms with Gasteiger partial charge in [0.15, 0.2) is 0 Å². The van der Waals surface area contributed by atoms with Crippen LogP contribution in [-0.2, 0) is 11.2 Å². The van der Waals surface area contributed by atoms with E-state index >= 15 is 0 Å². The van der Waals surface area contributed by atoms with Gasteiger partial charge in [0.25, 0.3) is 0 Å². The molecule has 0 unspecified atom stereocenters. The molecule has 1 atom stereocenters. The van der Waals surface area contributed by atoms with E-state index in [-0.39, 0.29) is 17.6 Å². The predicted octanol–water partition coefficient (Wildman–Crippen LogP) is 1.22. The molecule has 1 rings (SSSR count). The summed E-state index contributed by atoms with van der Waals surface area (Å²) >= 11 is 0. The first-order valence-corrected chi connectivity index (χ1v) is 4.33. The van der Waals surface area contributed by atoms with Gasteiger partial charge in [0.2, 0.25) is 5.91 Å². The molecule has 0 spiro atoms. The molecule has 0 saturated heterocycles. The van der Waals surface area contributed by atoms with Crippen molar-refractivity contribution < 1.29 is 9.90 Å². The van der Waals surface area contributed by atoms with E-state index in [1.54, 1.807) is 24.3 Å². The topological polar surface area (TPSA) is 63.3 Å². The number of primary amides is 1. The molecule has 74 valence electrons. The van der Waals surface area contributed by atoms with Crippen LogP contribution in [0.1, 0.15) is 5.56 Å². The lowest BCUT2D eigenvalue weighted by molar-refractivity contribution is -0.120. The molecule has 3 heteroatoms. The first kappa shape index (κ1) is 10.3. The molecule has 0 aliphatic carbocycles. The molecule has 1 amide bonds. The number of aromatic hydroxyl groups is 1. The Bertz CT molecular complexity index is 330. The molecule has 3 nitrogen and oxygen atoms in total. The Hall–Kier alpha value is -1.77. The molecular weight excluding hydrogens is 178 g/mol. The van der Waals surface area contributed by atoms with Crippen molar-refractivity contribution in [1.82, 2.24) is 0 Å². The third kappa shape index (κ3) is 2.62. The minimum Gasteiger partial charge on any atom is -0.508 e. The molecule has 0 saturated carbocycles. The highest BCUT2D eigenvalue weighted by molar-refractivity contribution is 5.78. The van der Waals surface area contributed by atoms with E-state index in [4.69, 9.17) is 10.8 Å². The fourth-order valence-electron chi connectivity index (χ4n) is 1.19. The fourth-order valence-corrected chi connectivity index (χ4v) is 1.19. The second kappa shape index (κ2) is 4.46. The van der Waals surface area contributed by atoms with Crippen molar-refractivity contribution in [3.05, 3.63) is 42.5 Å². The van der Waals surface area contributed by atoms with Gasteiger partial charge in [-0.15, -0.1) is 6.58 Å². The van der Waals surface area contributed by atoms with Crippen LogP contribution in [0, 0.1) is 5.92 Å². The Kier molecular flexibility index (Phi) is 3.29. The van der Waals surface area contributed by atoms with Gasteiger partial charge in [0, 0.05) is 0 Å². The van der Waals surface area contributed by atoms with E-state index in [1.165, 1.54) is 6.08 Å². The van der Waals surface area contributed by atoms with Crippen LogP contribution < -0.4 is 5.73 Å². The Morgan fingerprint density at radius 1 is 1.50 bits per heavy atom. The number of carbonyl (C=O) groups excluding carboxylic acids is 1. The van der Waals surface area contributed by atoms with Gasteiger partial charge in [-0.3, -0.25) is 4.79 Å². The number of benzene rings is 1. The molecule has 1 aromatic rings. The SMILES string of the molecule is C=C[C@@H](Cc1ccc(O)cc1)C(N)=O. The standard InChI is InChI=1S/C11H13NO2/c1-2-9(11(12)14)7-8-3-5-10(13)6-4-8/h2-6,9,13H,1,7H2,(H2,12,14)/t9-/m0/s1. The van der Waals surface area contributed by atoms with Crippen LogP contribution in [0.2, 0.25) is 0 Å². The molecule has 0 radical (unpaired) electrons. The lowest BCUT2D eigenvalue weighted by atomic mass is 9.99. The van der Waals surface area contributed by atoms with Crippen LogP contribution in [0.3, 0.4) is 0 Å². The average Bonchev–Trinajstić information content (AvgIpc) is 2.16. The summed E-state index contributed by atoms with van der Waals surface area (Å²) in [6.45, 7) is 3.55. The molecule has 0 heterocycles. The van der Waals surface area contributed by atoms with Gasteiger partial charge in [0.1, 0.15) is 5.75 Å². The number of nitrogens with two attached hydrogens (primary N) is 1. The van der Waals surface area contributed by atoms with E-state index in [1.807, 2.05) is 0 Å². The molecule has 0 aliphatic heterocycles. The summed E-state index contributed by atoms with van der Waals surface area (Å²) in [5, 5.41) is 9.05. The number of amides is 1. The highest BCUT2D eigenvalue weighted by atomic mass is 16.3. The maximum absolute atomic E-state index is 10.9. The first-order chi connectivity index (χ1) is 6.63. The summed E-state index contributed by atoms with van der Waals surface area (Å²) in [7, 11) is 0. The van der Waals surface area contributed by atoms with Crippen LogP contribution in [0.4, 0.5) is 0 Å². The number of carbonyl (C=O) groups is 1. The second-order valence-electron chi connectivity index (χ2n) is 3.12. The summed E-state index contributed by atoms with van der Waals surface area (Å²) in [5.41, 5.74) is 6.12. The number of phenols is 1. The number of hydrogen-bond donors (Lipinski definition) is 2. The third-order valence-corrected chi connectivity index (χ3v) is 2.04. The zero-order valence-electron chi connectivity index (χ0n) is 7.81. The lowest BCUT2D eigenvalue weighted by Gasteiger charge is -2.07. The Balaban J connectivity index is 2.72. The van der Waals surface area contributed by atoms with Crippen molar-refractivity contribution in [3.63, 3.8) is 0 Å². The summed E-state index contributed by atoms with van der Waals surface area (Å²) in [6, 6.07) is 6.68. The van der Waals surface area contributed by atoms with Gasteiger partial charge in [-0.25, -0.2) is 0 Å². The monoisotopic (exact) mass is 191 g/mol. The van der Waals surface area contributed by atoms with Crippen molar-refractivity contribution in [2.45, 2.75) is 6.42 Å². The Morgan fingerprint density at radius 3 is 2.50 bits per heavy atom. The van der Waals surface area contributed by atoms with E-state index < -0.39 is 0 Å². The molecule has 0 bridgehead atoms. The lowest BCUT2D eigenvalue weighted by Crippen LogP contribution is -2.23. The van der Waals surface area contributed by atoms with Crippen molar-refractivity contribution in [3.8, 4) is 5.75 Å². The van der Waals surface area contributed by atoms with Crippen molar-refractivity contribution in [2.75, 3.05) is 0 Å². The summed E-state index contributed by atoms with van der Waals surface area (Å²) in [4.78, 5) is 10.9. The number of hydrogen-bond acceptors (Lipinski definition) is 2.